The van der Waals surface area contributed by atoms with Crippen LogP contribution in [0.1, 0.15) is 41.0 Å². The van der Waals surface area contributed by atoms with E-state index < -0.39 is 11.6 Å². The van der Waals surface area contributed by atoms with Crippen LogP contribution in [0.3, 0.4) is 0 Å². The number of carbonyl (C=O) groups is 1. The summed E-state index contributed by atoms with van der Waals surface area (Å²) in [6, 6.07) is 3.72. The number of thiazole rings is 1. The second-order valence-electron chi connectivity index (χ2n) is 5.74. The number of aryl methyl sites for hydroxylation is 1. The van der Waals surface area contributed by atoms with Crippen molar-refractivity contribution in [2.24, 2.45) is 0 Å². The smallest absolute Gasteiger partial charge is 0.265 e. The van der Waals surface area contributed by atoms with E-state index in [-0.39, 0.29) is 16.5 Å². The molecule has 0 radical (unpaired) electrons. The summed E-state index contributed by atoms with van der Waals surface area (Å²) in [5.74, 6) is -1.40. The van der Waals surface area contributed by atoms with Crippen LogP contribution in [0.15, 0.2) is 18.2 Å². The third-order valence-corrected chi connectivity index (χ3v) is 5.22. The fraction of sp³-hybridized carbons (Fsp3) is 0.412. The van der Waals surface area contributed by atoms with Crippen LogP contribution in [-0.2, 0) is 0 Å². The first-order valence-electron chi connectivity index (χ1n) is 7.79. The number of halogens is 2. The minimum atomic E-state index is -0.660. The van der Waals surface area contributed by atoms with E-state index in [1.54, 1.807) is 6.92 Å². The summed E-state index contributed by atoms with van der Waals surface area (Å²) in [6.45, 7) is 3.18. The van der Waals surface area contributed by atoms with Crippen molar-refractivity contribution in [3.05, 3.63) is 40.4 Å². The Balaban J connectivity index is 1.93. The summed E-state index contributed by atoms with van der Waals surface area (Å²) >= 11 is 1.07. The summed E-state index contributed by atoms with van der Waals surface area (Å²) < 4.78 is 27.8. The molecule has 23 heavy (non-hydrogen) atoms. The molecule has 1 aromatic carbocycles. The Kier molecular flexibility index (Phi) is 4.71. The monoisotopic (exact) mass is 336 g/mol. The Morgan fingerprint density at radius 2 is 1.74 bits per heavy atom. The molecule has 1 fully saturated rings. The van der Waals surface area contributed by atoms with E-state index in [4.69, 9.17) is 0 Å². The highest BCUT2D eigenvalue weighted by Crippen LogP contribution is 2.32. The summed E-state index contributed by atoms with van der Waals surface area (Å²) in [4.78, 5) is 19.2. The average Bonchev–Trinajstić information content (AvgIpc) is 2.74. The quantitative estimate of drug-likeness (QED) is 0.814. The third-order valence-electron chi connectivity index (χ3n) is 4.06. The lowest BCUT2D eigenvalue weighted by Gasteiger charge is -2.19. The topological polar surface area (TPSA) is 33.2 Å². The lowest BCUT2D eigenvalue weighted by Crippen LogP contribution is -2.31. The van der Waals surface area contributed by atoms with Gasteiger partial charge in [0.15, 0.2) is 0 Å². The fourth-order valence-electron chi connectivity index (χ4n) is 2.82. The van der Waals surface area contributed by atoms with Crippen molar-refractivity contribution in [3.8, 4) is 10.6 Å². The van der Waals surface area contributed by atoms with Crippen molar-refractivity contribution in [2.45, 2.75) is 32.6 Å². The number of hydrogen-bond donors (Lipinski definition) is 0. The largest absolute Gasteiger partial charge is 0.338 e. The second kappa shape index (κ2) is 6.74. The molecule has 2 aromatic rings. The molecule has 1 aliphatic heterocycles. The molecule has 0 bridgehead atoms. The number of aromatic nitrogens is 1. The first-order chi connectivity index (χ1) is 11.1. The molecule has 0 aliphatic carbocycles. The average molecular weight is 336 g/mol. The molecule has 0 atom stereocenters. The maximum atomic E-state index is 13.9. The van der Waals surface area contributed by atoms with Gasteiger partial charge in [0.25, 0.3) is 5.91 Å². The molecule has 3 rings (SSSR count). The maximum absolute atomic E-state index is 13.9. The Morgan fingerprint density at radius 1 is 1.13 bits per heavy atom. The van der Waals surface area contributed by atoms with E-state index in [9.17, 15) is 13.6 Å². The number of hydrogen-bond acceptors (Lipinski definition) is 3. The Morgan fingerprint density at radius 3 is 2.35 bits per heavy atom. The van der Waals surface area contributed by atoms with Gasteiger partial charge in [-0.05, 0) is 31.9 Å². The van der Waals surface area contributed by atoms with Crippen LogP contribution in [0.25, 0.3) is 10.6 Å². The molecule has 0 spiro atoms. The van der Waals surface area contributed by atoms with Gasteiger partial charge in [0.2, 0.25) is 0 Å². The molecule has 2 heterocycles. The molecule has 6 heteroatoms. The van der Waals surface area contributed by atoms with Gasteiger partial charge in [0.05, 0.1) is 11.3 Å². The maximum Gasteiger partial charge on any atom is 0.265 e. The van der Waals surface area contributed by atoms with Gasteiger partial charge in [-0.2, -0.15) is 0 Å². The molecule has 1 saturated heterocycles. The number of rotatable bonds is 2. The zero-order valence-corrected chi connectivity index (χ0v) is 13.8. The Hall–Kier alpha value is -1.82. The number of nitrogens with zero attached hydrogens (tertiary/aromatic N) is 2. The standard InChI is InChI=1S/C17H18F2N2OS/c1-11-15(17(22)21-9-4-2-3-5-10-21)23-16(20-11)14-12(18)7-6-8-13(14)19/h6-8H,2-5,9-10H2,1H3. The van der Waals surface area contributed by atoms with Gasteiger partial charge < -0.3 is 4.90 Å². The highest BCUT2D eigenvalue weighted by Gasteiger charge is 2.24. The van der Waals surface area contributed by atoms with Crippen molar-refractivity contribution >= 4 is 17.2 Å². The van der Waals surface area contributed by atoms with Gasteiger partial charge in [-0.25, -0.2) is 13.8 Å². The summed E-state index contributed by atoms with van der Waals surface area (Å²) in [7, 11) is 0. The zero-order chi connectivity index (χ0) is 16.4. The fourth-order valence-corrected chi connectivity index (χ4v) is 3.90. The molecule has 1 amide bonds. The third kappa shape index (κ3) is 3.27. The zero-order valence-electron chi connectivity index (χ0n) is 12.9. The summed E-state index contributed by atoms with van der Waals surface area (Å²) in [6.07, 6.45) is 4.27. The highest BCUT2D eigenvalue weighted by molar-refractivity contribution is 7.17. The van der Waals surface area contributed by atoms with Crippen LogP contribution in [0.5, 0.6) is 0 Å². The van der Waals surface area contributed by atoms with Crippen molar-refractivity contribution in [3.63, 3.8) is 0 Å². The van der Waals surface area contributed by atoms with E-state index in [2.05, 4.69) is 4.98 Å². The first kappa shape index (κ1) is 16.1. The molecule has 1 aromatic heterocycles. The van der Waals surface area contributed by atoms with Crippen LogP contribution < -0.4 is 0 Å². The Bertz CT molecular complexity index is 701. The lowest BCUT2D eigenvalue weighted by molar-refractivity contribution is 0.0765. The van der Waals surface area contributed by atoms with E-state index >= 15 is 0 Å². The summed E-state index contributed by atoms with van der Waals surface area (Å²) in [5.41, 5.74) is 0.373. The highest BCUT2D eigenvalue weighted by atomic mass is 32.1. The van der Waals surface area contributed by atoms with Crippen LogP contribution in [-0.4, -0.2) is 28.9 Å². The molecule has 122 valence electrons. The van der Waals surface area contributed by atoms with Crippen LogP contribution in [0, 0.1) is 18.6 Å². The molecular weight excluding hydrogens is 318 g/mol. The van der Waals surface area contributed by atoms with Gasteiger partial charge in [-0.1, -0.05) is 18.9 Å². The van der Waals surface area contributed by atoms with E-state index in [1.165, 1.54) is 18.2 Å². The van der Waals surface area contributed by atoms with Gasteiger partial charge in [0, 0.05) is 13.1 Å². The van der Waals surface area contributed by atoms with Gasteiger partial charge in [0.1, 0.15) is 21.5 Å². The lowest BCUT2D eigenvalue weighted by atomic mass is 10.2. The van der Waals surface area contributed by atoms with Gasteiger partial charge in [-0.3, -0.25) is 4.79 Å². The van der Waals surface area contributed by atoms with Crippen molar-refractivity contribution in [1.29, 1.82) is 0 Å². The molecule has 1 aliphatic rings. The SMILES string of the molecule is Cc1nc(-c2c(F)cccc2F)sc1C(=O)N1CCCCCC1. The van der Waals surface area contributed by atoms with Crippen molar-refractivity contribution < 1.29 is 13.6 Å². The minimum Gasteiger partial charge on any atom is -0.338 e. The normalized spacial score (nSPS) is 15.5. The summed E-state index contributed by atoms with van der Waals surface area (Å²) in [5, 5.41) is 0.219. The minimum absolute atomic E-state index is 0.0788. The molecule has 0 N–H and O–H groups in total. The first-order valence-corrected chi connectivity index (χ1v) is 8.60. The van der Waals surface area contributed by atoms with Crippen molar-refractivity contribution in [2.75, 3.05) is 13.1 Å². The van der Waals surface area contributed by atoms with E-state index in [0.717, 1.165) is 50.1 Å². The predicted molar refractivity (Wildman–Crippen MR) is 86.6 cm³/mol. The van der Waals surface area contributed by atoms with Crippen LogP contribution >= 0.6 is 11.3 Å². The molecule has 0 unspecified atom stereocenters. The van der Waals surface area contributed by atoms with Crippen LogP contribution in [0.2, 0.25) is 0 Å². The molecule has 0 saturated carbocycles. The predicted octanol–water partition coefficient (Wildman–Crippen LogP) is 4.41. The molecule has 3 nitrogen and oxygen atoms in total. The number of amides is 1. The number of benzene rings is 1. The Labute approximate surface area is 138 Å². The van der Waals surface area contributed by atoms with Crippen molar-refractivity contribution in [1.82, 2.24) is 9.88 Å². The van der Waals surface area contributed by atoms with E-state index in [0.29, 0.717) is 10.6 Å². The van der Waals surface area contributed by atoms with Gasteiger partial charge >= 0.3 is 0 Å². The van der Waals surface area contributed by atoms with Gasteiger partial charge in [-0.15, -0.1) is 11.3 Å². The number of carbonyl (C=O) groups excluding carboxylic acids is 1. The van der Waals surface area contributed by atoms with E-state index in [1.807, 2.05) is 4.90 Å². The van der Waals surface area contributed by atoms with Crippen LogP contribution in [0.4, 0.5) is 8.78 Å². The second-order valence-corrected chi connectivity index (χ2v) is 6.74. The molecular formula is C17H18F2N2OS. The number of likely N-dealkylation sites (tertiary alicyclic amines) is 1.